The highest BCUT2D eigenvalue weighted by molar-refractivity contribution is 8.13. The van der Waals surface area contributed by atoms with Gasteiger partial charge in [-0.1, -0.05) is 31.5 Å². The first-order valence-electron chi connectivity index (χ1n) is 6.27. The second-order valence-electron chi connectivity index (χ2n) is 4.33. The lowest BCUT2D eigenvalue weighted by molar-refractivity contribution is -0.122. The molecule has 1 aliphatic rings. The van der Waals surface area contributed by atoms with Crippen molar-refractivity contribution in [1.29, 1.82) is 0 Å². The summed E-state index contributed by atoms with van der Waals surface area (Å²) in [6, 6.07) is 0. The zero-order valence-corrected chi connectivity index (χ0v) is 11.8. The van der Waals surface area contributed by atoms with Gasteiger partial charge in [0.15, 0.2) is 0 Å². The minimum absolute atomic E-state index is 0.0667. The van der Waals surface area contributed by atoms with Crippen LogP contribution < -0.4 is 5.32 Å². The minimum atomic E-state index is -0.541. The molecular weight excluding hydrogens is 248 g/mol. The van der Waals surface area contributed by atoms with Crippen LogP contribution in [0.1, 0.15) is 33.1 Å². The van der Waals surface area contributed by atoms with E-state index in [1.807, 2.05) is 13.8 Å². The van der Waals surface area contributed by atoms with Crippen molar-refractivity contribution in [3.05, 3.63) is 0 Å². The van der Waals surface area contributed by atoms with E-state index in [1.165, 1.54) is 11.8 Å². The van der Waals surface area contributed by atoms with Crippen molar-refractivity contribution in [2.24, 2.45) is 0 Å². The zero-order valence-electron chi connectivity index (χ0n) is 11.0. The standard InChI is InChI=1S/C13H20N2O2S/c1-4-13(5-2,6-3)14-11(16)7-8-15-9-10-18-12(15)17/h1H,5-10H2,2-3H3,(H,14,16). The van der Waals surface area contributed by atoms with Gasteiger partial charge in [0.25, 0.3) is 5.24 Å². The Morgan fingerprint density at radius 1 is 1.56 bits per heavy atom. The van der Waals surface area contributed by atoms with Crippen molar-refractivity contribution in [3.63, 3.8) is 0 Å². The van der Waals surface area contributed by atoms with Crippen LogP contribution in [0.3, 0.4) is 0 Å². The van der Waals surface area contributed by atoms with Crippen molar-refractivity contribution in [3.8, 4) is 12.3 Å². The summed E-state index contributed by atoms with van der Waals surface area (Å²) in [5.74, 6) is 3.40. The number of carbonyl (C=O) groups is 2. The number of hydrogen-bond donors (Lipinski definition) is 1. The largest absolute Gasteiger partial charge is 0.340 e. The maximum absolute atomic E-state index is 11.8. The molecule has 0 aromatic carbocycles. The molecule has 1 N–H and O–H groups in total. The minimum Gasteiger partial charge on any atom is -0.340 e. The molecule has 0 aromatic rings. The second-order valence-corrected chi connectivity index (χ2v) is 5.38. The summed E-state index contributed by atoms with van der Waals surface area (Å²) in [4.78, 5) is 24.9. The fourth-order valence-corrected chi connectivity index (χ4v) is 2.71. The van der Waals surface area contributed by atoms with Crippen molar-refractivity contribution in [1.82, 2.24) is 10.2 Å². The van der Waals surface area contributed by atoms with Gasteiger partial charge in [-0.05, 0) is 12.8 Å². The normalized spacial score (nSPS) is 15.6. The van der Waals surface area contributed by atoms with Gasteiger partial charge < -0.3 is 10.2 Å². The molecule has 0 saturated carbocycles. The molecule has 4 nitrogen and oxygen atoms in total. The number of terminal acetylenes is 1. The maximum atomic E-state index is 11.8. The molecule has 0 atom stereocenters. The Kier molecular flexibility index (Phi) is 5.54. The zero-order chi connectivity index (χ0) is 13.6. The van der Waals surface area contributed by atoms with Gasteiger partial charge in [-0.15, -0.1) is 6.42 Å². The number of amides is 2. The van der Waals surface area contributed by atoms with Crippen LogP contribution in [0.5, 0.6) is 0 Å². The Labute approximate surface area is 113 Å². The SMILES string of the molecule is C#CC(CC)(CC)NC(=O)CCN1CCSC1=O. The molecule has 1 fully saturated rings. The van der Waals surface area contributed by atoms with Gasteiger partial charge in [0.2, 0.25) is 5.91 Å². The summed E-state index contributed by atoms with van der Waals surface area (Å²) in [6.07, 6.45) is 7.23. The fraction of sp³-hybridized carbons (Fsp3) is 0.692. The fourth-order valence-electron chi connectivity index (χ4n) is 1.86. The third kappa shape index (κ3) is 3.67. The van der Waals surface area contributed by atoms with Crippen LogP contribution in [0.4, 0.5) is 4.79 Å². The third-order valence-corrected chi connectivity index (χ3v) is 4.21. The van der Waals surface area contributed by atoms with Crippen molar-refractivity contribution in [2.45, 2.75) is 38.6 Å². The average molecular weight is 268 g/mol. The van der Waals surface area contributed by atoms with Crippen LogP contribution in [0.2, 0.25) is 0 Å². The highest BCUT2D eigenvalue weighted by Gasteiger charge is 2.26. The number of carbonyl (C=O) groups excluding carboxylic acids is 2. The van der Waals surface area contributed by atoms with Crippen molar-refractivity contribution >= 4 is 22.9 Å². The van der Waals surface area contributed by atoms with Crippen LogP contribution in [-0.4, -0.2) is 40.4 Å². The van der Waals surface area contributed by atoms with Crippen LogP contribution in [-0.2, 0) is 4.79 Å². The van der Waals surface area contributed by atoms with E-state index in [0.717, 1.165) is 12.3 Å². The molecule has 2 amide bonds. The van der Waals surface area contributed by atoms with Crippen molar-refractivity contribution in [2.75, 3.05) is 18.8 Å². The second kappa shape index (κ2) is 6.69. The molecule has 0 radical (unpaired) electrons. The Hall–Kier alpha value is -1.15. The highest BCUT2D eigenvalue weighted by atomic mass is 32.2. The molecule has 0 spiro atoms. The van der Waals surface area contributed by atoms with E-state index in [-0.39, 0.29) is 11.1 Å². The summed E-state index contributed by atoms with van der Waals surface area (Å²) < 4.78 is 0. The molecule has 1 heterocycles. The maximum Gasteiger partial charge on any atom is 0.281 e. The number of nitrogens with zero attached hydrogens (tertiary/aromatic N) is 1. The molecular formula is C13H20N2O2S. The molecule has 0 unspecified atom stereocenters. The quantitative estimate of drug-likeness (QED) is 0.748. The number of hydrogen-bond acceptors (Lipinski definition) is 3. The lowest BCUT2D eigenvalue weighted by Crippen LogP contribution is -2.47. The van der Waals surface area contributed by atoms with Crippen LogP contribution in [0.25, 0.3) is 0 Å². The molecule has 1 saturated heterocycles. The Balaban J connectivity index is 2.42. The van der Waals surface area contributed by atoms with Gasteiger partial charge >= 0.3 is 0 Å². The molecule has 1 aliphatic heterocycles. The molecule has 0 aliphatic carbocycles. The Morgan fingerprint density at radius 3 is 2.67 bits per heavy atom. The molecule has 0 aromatic heterocycles. The van der Waals surface area contributed by atoms with Crippen LogP contribution in [0.15, 0.2) is 0 Å². The van der Waals surface area contributed by atoms with Gasteiger partial charge in [0.1, 0.15) is 5.54 Å². The third-order valence-electron chi connectivity index (χ3n) is 3.32. The first-order valence-corrected chi connectivity index (χ1v) is 7.26. The number of thioether (sulfide) groups is 1. The molecule has 100 valence electrons. The summed E-state index contributed by atoms with van der Waals surface area (Å²) in [5.41, 5.74) is -0.541. The topological polar surface area (TPSA) is 49.4 Å². The van der Waals surface area contributed by atoms with Gasteiger partial charge in [0.05, 0.1) is 0 Å². The van der Waals surface area contributed by atoms with E-state index in [2.05, 4.69) is 11.2 Å². The van der Waals surface area contributed by atoms with Crippen LogP contribution in [0, 0.1) is 12.3 Å². The summed E-state index contributed by atoms with van der Waals surface area (Å²) in [5, 5.41) is 2.97. The summed E-state index contributed by atoms with van der Waals surface area (Å²) in [6.45, 7) is 5.14. The van der Waals surface area contributed by atoms with Gasteiger partial charge in [-0.3, -0.25) is 9.59 Å². The van der Waals surface area contributed by atoms with E-state index < -0.39 is 5.54 Å². The smallest absolute Gasteiger partial charge is 0.281 e. The monoisotopic (exact) mass is 268 g/mol. The van der Waals surface area contributed by atoms with E-state index >= 15 is 0 Å². The Morgan fingerprint density at radius 2 is 2.22 bits per heavy atom. The van der Waals surface area contributed by atoms with E-state index in [0.29, 0.717) is 25.8 Å². The van der Waals surface area contributed by atoms with Crippen LogP contribution >= 0.6 is 11.8 Å². The highest BCUT2D eigenvalue weighted by Crippen LogP contribution is 2.18. The lowest BCUT2D eigenvalue weighted by atomic mass is 9.94. The summed E-state index contributed by atoms with van der Waals surface area (Å²) >= 11 is 1.31. The van der Waals surface area contributed by atoms with Gasteiger partial charge in [-0.25, -0.2) is 0 Å². The predicted octanol–water partition coefficient (Wildman–Crippen LogP) is 1.85. The van der Waals surface area contributed by atoms with E-state index in [9.17, 15) is 9.59 Å². The number of rotatable bonds is 6. The molecule has 0 bridgehead atoms. The first kappa shape index (κ1) is 14.9. The average Bonchev–Trinajstić information content (AvgIpc) is 2.79. The lowest BCUT2D eigenvalue weighted by Gasteiger charge is -2.27. The molecule has 5 heteroatoms. The number of nitrogens with one attached hydrogen (secondary N) is 1. The molecule has 1 rings (SSSR count). The summed E-state index contributed by atoms with van der Waals surface area (Å²) in [7, 11) is 0. The Bertz CT molecular complexity index is 358. The van der Waals surface area contributed by atoms with Gasteiger partial charge in [0, 0.05) is 25.3 Å². The molecule has 18 heavy (non-hydrogen) atoms. The first-order chi connectivity index (χ1) is 8.56. The van der Waals surface area contributed by atoms with E-state index in [4.69, 9.17) is 6.42 Å². The van der Waals surface area contributed by atoms with Gasteiger partial charge in [-0.2, -0.15) is 0 Å². The van der Waals surface area contributed by atoms with Crippen molar-refractivity contribution < 1.29 is 9.59 Å². The van der Waals surface area contributed by atoms with E-state index in [1.54, 1.807) is 4.90 Å². The predicted molar refractivity (Wildman–Crippen MR) is 74.3 cm³/mol.